The molecule has 0 N–H and O–H groups in total. The standard InChI is InChI=1S/C16H19N5O3/c1-20(9-15-18-14(19-24-15)6-7-23-3)16(22)11-4-5-13-12(8-11)17-10-21(13)2/h4-5,8,10H,6-7,9H2,1-3H3. The van der Waals surface area contributed by atoms with Crippen LogP contribution in [0.25, 0.3) is 11.0 Å². The lowest BCUT2D eigenvalue weighted by atomic mass is 10.1. The highest BCUT2D eigenvalue weighted by molar-refractivity contribution is 5.97. The minimum atomic E-state index is -0.126. The number of ether oxygens (including phenoxy) is 1. The van der Waals surface area contributed by atoms with Gasteiger partial charge in [0.1, 0.15) is 0 Å². The predicted molar refractivity (Wildman–Crippen MR) is 86.4 cm³/mol. The third-order valence-electron chi connectivity index (χ3n) is 3.73. The summed E-state index contributed by atoms with van der Waals surface area (Å²) >= 11 is 0. The summed E-state index contributed by atoms with van der Waals surface area (Å²) in [6.07, 6.45) is 2.30. The minimum absolute atomic E-state index is 0.126. The Morgan fingerprint density at radius 1 is 1.42 bits per heavy atom. The van der Waals surface area contributed by atoms with E-state index in [1.165, 1.54) is 4.90 Å². The third-order valence-corrected chi connectivity index (χ3v) is 3.73. The molecular weight excluding hydrogens is 310 g/mol. The lowest BCUT2D eigenvalue weighted by Crippen LogP contribution is -2.26. The van der Waals surface area contributed by atoms with Crippen LogP contribution in [0.3, 0.4) is 0 Å². The van der Waals surface area contributed by atoms with E-state index in [4.69, 9.17) is 9.26 Å². The number of imidazole rings is 1. The first kappa shape index (κ1) is 16.1. The second kappa shape index (κ2) is 6.79. The van der Waals surface area contributed by atoms with Crippen LogP contribution in [0.4, 0.5) is 0 Å². The molecule has 0 radical (unpaired) electrons. The molecule has 2 heterocycles. The molecule has 0 saturated carbocycles. The van der Waals surface area contributed by atoms with Crippen molar-refractivity contribution in [2.24, 2.45) is 7.05 Å². The number of carbonyl (C=O) groups is 1. The topological polar surface area (TPSA) is 86.3 Å². The largest absolute Gasteiger partial charge is 0.384 e. The molecule has 24 heavy (non-hydrogen) atoms. The van der Waals surface area contributed by atoms with Gasteiger partial charge in [0.25, 0.3) is 5.91 Å². The summed E-state index contributed by atoms with van der Waals surface area (Å²) in [5.41, 5.74) is 2.34. The lowest BCUT2D eigenvalue weighted by molar-refractivity contribution is 0.0769. The predicted octanol–water partition coefficient (Wildman–Crippen LogP) is 1.42. The molecule has 8 nitrogen and oxygen atoms in total. The molecule has 0 atom stereocenters. The van der Waals surface area contributed by atoms with E-state index in [0.717, 1.165) is 11.0 Å². The van der Waals surface area contributed by atoms with Gasteiger partial charge in [-0.15, -0.1) is 0 Å². The van der Waals surface area contributed by atoms with Crippen molar-refractivity contribution in [2.75, 3.05) is 20.8 Å². The number of methoxy groups -OCH3 is 1. The molecule has 8 heteroatoms. The summed E-state index contributed by atoms with van der Waals surface area (Å²) in [7, 11) is 5.23. The zero-order chi connectivity index (χ0) is 17.1. The number of rotatable bonds is 6. The number of hydrogen-bond donors (Lipinski definition) is 0. The molecule has 0 unspecified atom stereocenters. The van der Waals surface area contributed by atoms with Crippen LogP contribution in [0.1, 0.15) is 22.1 Å². The van der Waals surface area contributed by atoms with E-state index in [2.05, 4.69) is 15.1 Å². The van der Waals surface area contributed by atoms with Gasteiger partial charge in [-0.3, -0.25) is 4.79 Å². The second-order valence-corrected chi connectivity index (χ2v) is 5.57. The van der Waals surface area contributed by atoms with E-state index < -0.39 is 0 Å². The summed E-state index contributed by atoms with van der Waals surface area (Å²) < 4.78 is 12.1. The number of fused-ring (bicyclic) bond motifs is 1. The number of aryl methyl sites for hydroxylation is 1. The van der Waals surface area contributed by atoms with Gasteiger partial charge in [-0.1, -0.05) is 5.16 Å². The van der Waals surface area contributed by atoms with Crippen LogP contribution in [0.2, 0.25) is 0 Å². The van der Waals surface area contributed by atoms with Gasteiger partial charge in [0.15, 0.2) is 5.82 Å². The minimum Gasteiger partial charge on any atom is -0.384 e. The van der Waals surface area contributed by atoms with E-state index in [1.807, 2.05) is 17.7 Å². The van der Waals surface area contributed by atoms with Gasteiger partial charge in [0.2, 0.25) is 5.89 Å². The number of hydrogen-bond acceptors (Lipinski definition) is 6. The van der Waals surface area contributed by atoms with Gasteiger partial charge >= 0.3 is 0 Å². The molecule has 0 aliphatic rings. The second-order valence-electron chi connectivity index (χ2n) is 5.57. The zero-order valence-electron chi connectivity index (χ0n) is 13.9. The van der Waals surface area contributed by atoms with Crippen LogP contribution < -0.4 is 0 Å². The van der Waals surface area contributed by atoms with Crippen molar-refractivity contribution >= 4 is 16.9 Å². The highest BCUT2D eigenvalue weighted by Crippen LogP contribution is 2.15. The Kier molecular flexibility index (Phi) is 4.57. The van der Waals surface area contributed by atoms with Crippen LogP contribution in [0.15, 0.2) is 29.0 Å². The van der Waals surface area contributed by atoms with Gasteiger partial charge in [-0.05, 0) is 18.2 Å². The van der Waals surface area contributed by atoms with Crippen molar-refractivity contribution in [2.45, 2.75) is 13.0 Å². The van der Waals surface area contributed by atoms with Gasteiger partial charge < -0.3 is 18.7 Å². The molecule has 0 fully saturated rings. The van der Waals surface area contributed by atoms with Crippen LogP contribution in [-0.4, -0.2) is 51.3 Å². The fourth-order valence-corrected chi connectivity index (χ4v) is 2.41. The van der Waals surface area contributed by atoms with Crippen LogP contribution in [-0.2, 0) is 24.8 Å². The molecule has 0 bridgehead atoms. The fourth-order valence-electron chi connectivity index (χ4n) is 2.41. The van der Waals surface area contributed by atoms with E-state index >= 15 is 0 Å². The Morgan fingerprint density at radius 2 is 2.25 bits per heavy atom. The van der Waals surface area contributed by atoms with Crippen molar-refractivity contribution in [1.82, 2.24) is 24.6 Å². The first-order chi connectivity index (χ1) is 11.6. The van der Waals surface area contributed by atoms with Crippen molar-refractivity contribution in [3.8, 4) is 0 Å². The van der Waals surface area contributed by atoms with E-state index in [0.29, 0.717) is 30.3 Å². The maximum Gasteiger partial charge on any atom is 0.254 e. The van der Waals surface area contributed by atoms with Gasteiger partial charge in [-0.25, -0.2) is 4.98 Å². The average Bonchev–Trinajstić information content (AvgIpc) is 3.18. The maximum absolute atomic E-state index is 12.6. The highest BCUT2D eigenvalue weighted by atomic mass is 16.5. The number of amides is 1. The molecule has 0 aliphatic carbocycles. The Bertz CT molecular complexity index is 854. The van der Waals surface area contributed by atoms with Crippen LogP contribution in [0, 0.1) is 0 Å². The Labute approximate surface area is 139 Å². The third kappa shape index (κ3) is 3.28. The molecule has 1 aromatic carbocycles. The molecule has 0 spiro atoms. The van der Waals surface area contributed by atoms with Gasteiger partial charge in [0, 0.05) is 33.2 Å². The molecule has 3 rings (SSSR count). The average molecular weight is 329 g/mol. The van der Waals surface area contributed by atoms with E-state index in [1.54, 1.807) is 32.6 Å². The Balaban J connectivity index is 1.70. The molecular formula is C16H19N5O3. The van der Waals surface area contributed by atoms with E-state index in [-0.39, 0.29) is 12.5 Å². The smallest absolute Gasteiger partial charge is 0.254 e. The summed E-state index contributed by atoms with van der Waals surface area (Å²) in [5, 5.41) is 3.87. The molecule has 0 saturated heterocycles. The lowest BCUT2D eigenvalue weighted by Gasteiger charge is -2.14. The maximum atomic E-state index is 12.6. The van der Waals surface area contributed by atoms with Gasteiger partial charge in [0.05, 0.1) is 30.5 Å². The molecule has 126 valence electrons. The number of benzene rings is 1. The summed E-state index contributed by atoms with van der Waals surface area (Å²) in [6.45, 7) is 0.775. The normalized spacial score (nSPS) is 11.1. The van der Waals surface area contributed by atoms with Crippen LogP contribution >= 0.6 is 0 Å². The van der Waals surface area contributed by atoms with Crippen molar-refractivity contribution in [3.05, 3.63) is 41.8 Å². The first-order valence-electron chi connectivity index (χ1n) is 7.55. The van der Waals surface area contributed by atoms with Crippen molar-refractivity contribution in [1.29, 1.82) is 0 Å². The quantitative estimate of drug-likeness (QED) is 0.680. The highest BCUT2D eigenvalue weighted by Gasteiger charge is 2.16. The molecule has 3 aromatic rings. The number of nitrogens with zero attached hydrogens (tertiary/aromatic N) is 5. The van der Waals surface area contributed by atoms with Crippen molar-refractivity contribution < 1.29 is 14.1 Å². The summed E-state index contributed by atoms with van der Waals surface area (Å²) in [4.78, 5) is 22.6. The SMILES string of the molecule is COCCc1noc(CN(C)C(=O)c2ccc3c(c2)ncn3C)n1. The summed E-state index contributed by atoms with van der Waals surface area (Å²) in [6, 6.07) is 5.46. The number of aromatic nitrogens is 4. The fraction of sp³-hybridized carbons (Fsp3) is 0.375. The Morgan fingerprint density at radius 3 is 3.04 bits per heavy atom. The van der Waals surface area contributed by atoms with E-state index in [9.17, 15) is 4.79 Å². The van der Waals surface area contributed by atoms with Crippen molar-refractivity contribution in [3.63, 3.8) is 0 Å². The molecule has 0 aliphatic heterocycles. The number of carbonyl (C=O) groups excluding carboxylic acids is 1. The van der Waals surface area contributed by atoms with Crippen LogP contribution in [0.5, 0.6) is 0 Å². The van der Waals surface area contributed by atoms with Gasteiger partial charge in [-0.2, -0.15) is 4.98 Å². The molecule has 1 amide bonds. The first-order valence-corrected chi connectivity index (χ1v) is 7.55. The summed E-state index contributed by atoms with van der Waals surface area (Å²) in [5.74, 6) is 0.845. The molecule has 2 aromatic heterocycles. The Hall–Kier alpha value is -2.74. The zero-order valence-corrected chi connectivity index (χ0v) is 13.9. The monoisotopic (exact) mass is 329 g/mol.